The van der Waals surface area contributed by atoms with Gasteiger partial charge in [-0.15, -0.1) is 0 Å². The normalized spacial score (nSPS) is 17.1. The summed E-state index contributed by atoms with van der Waals surface area (Å²) in [6.07, 6.45) is 2.36. The maximum absolute atomic E-state index is 11.7. The smallest absolute Gasteiger partial charge is 0.334 e. The quantitative estimate of drug-likeness (QED) is 0.774. The molecule has 0 aromatic heterocycles. The first kappa shape index (κ1) is 14.4. The van der Waals surface area contributed by atoms with E-state index in [1.54, 1.807) is 31.2 Å². The number of aliphatic carboxylic acids is 1. The molecule has 0 spiro atoms. The molecule has 1 N–H and O–H groups in total. The zero-order valence-electron chi connectivity index (χ0n) is 11.7. The summed E-state index contributed by atoms with van der Waals surface area (Å²) in [7, 11) is 0. The summed E-state index contributed by atoms with van der Waals surface area (Å²) in [6.45, 7) is 4.01. The Labute approximate surface area is 118 Å². The number of carbonyl (C=O) groups excluding carboxylic acids is 1. The zero-order chi connectivity index (χ0) is 14.8. The second-order valence-corrected chi connectivity index (χ2v) is 5.08. The number of ether oxygens (including phenoxy) is 1. The monoisotopic (exact) mass is 277 g/mol. The molecule has 5 heteroatoms. The molecule has 1 fully saturated rings. The average Bonchev–Trinajstić information content (AvgIpc) is 3.25. The van der Waals surface area contributed by atoms with Gasteiger partial charge in [0.2, 0.25) is 6.41 Å². The number of carboxylic acid groups (broad SMARTS) is 1. The molecule has 2 rings (SSSR count). The van der Waals surface area contributed by atoms with Gasteiger partial charge in [0, 0.05) is 6.04 Å². The van der Waals surface area contributed by atoms with Crippen molar-refractivity contribution in [2.45, 2.75) is 38.3 Å². The molecule has 1 aliphatic rings. The van der Waals surface area contributed by atoms with Crippen molar-refractivity contribution in [1.82, 2.24) is 4.90 Å². The molecule has 1 atom stereocenters. The van der Waals surface area contributed by atoms with E-state index in [-0.39, 0.29) is 6.04 Å². The van der Waals surface area contributed by atoms with Gasteiger partial charge in [-0.2, -0.15) is 0 Å². The number of hydrogen-bond donors (Lipinski definition) is 1. The van der Waals surface area contributed by atoms with Crippen LogP contribution in [0.1, 0.15) is 32.3 Å². The molecule has 1 aromatic carbocycles. The molecule has 5 nitrogen and oxygen atoms in total. The highest BCUT2D eigenvalue weighted by Gasteiger charge is 2.47. The Balaban J connectivity index is 2.36. The van der Waals surface area contributed by atoms with Crippen LogP contribution in [-0.2, 0) is 15.1 Å². The molecule has 1 aromatic rings. The van der Waals surface area contributed by atoms with Crippen LogP contribution < -0.4 is 4.74 Å². The van der Waals surface area contributed by atoms with E-state index in [9.17, 15) is 14.7 Å². The Kier molecular flexibility index (Phi) is 3.97. The molecule has 0 radical (unpaired) electrons. The first-order valence-corrected chi connectivity index (χ1v) is 6.74. The lowest BCUT2D eigenvalue weighted by molar-refractivity contribution is -0.155. The highest BCUT2D eigenvalue weighted by Crippen LogP contribution is 2.38. The fourth-order valence-electron chi connectivity index (χ4n) is 2.33. The van der Waals surface area contributed by atoms with Crippen molar-refractivity contribution in [3.63, 3.8) is 0 Å². The highest BCUT2D eigenvalue weighted by molar-refractivity contribution is 5.83. The molecule has 1 unspecified atom stereocenters. The number of nitrogens with zero attached hydrogens (tertiary/aromatic N) is 1. The van der Waals surface area contributed by atoms with E-state index < -0.39 is 11.5 Å². The Morgan fingerprint density at radius 1 is 1.45 bits per heavy atom. The van der Waals surface area contributed by atoms with Crippen LogP contribution >= 0.6 is 0 Å². The molecule has 0 bridgehead atoms. The van der Waals surface area contributed by atoms with E-state index in [4.69, 9.17) is 4.74 Å². The van der Waals surface area contributed by atoms with Crippen molar-refractivity contribution >= 4 is 12.4 Å². The van der Waals surface area contributed by atoms with Crippen LogP contribution in [0.2, 0.25) is 0 Å². The van der Waals surface area contributed by atoms with Crippen molar-refractivity contribution < 1.29 is 19.4 Å². The Bertz CT molecular complexity index is 495. The van der Waals surface area contributed by atoms with Gasteiger partial charge in [-0.3, -0.25) is 4.79 Å². The number of hydrogen-bond acceptors (Lipinski definition) is 3. The van der Waals surface area contributed by atoms with Crippen LogP contribution in [-0.4, -0.2) is 35.0 Å². The van der Waals surface area contributed by atoms with Crippen molar-refractivity contribution in [1.29, 1.82) is 0 Å². The van der Waals surface area contributed by atoms with E-state index in [1.165, 1.54) is 4.90 Å². The van der Waals surface area contributed by atoms with Crippen LogP contribution in [0.5, 0.6) is 5.75 Å². The van der Waals surface area contributed by atoms with Gasteiger partial charge >= 0.3 is 5.97 Å². The minimum Gasteiger partial charge on any atom is -0.494 e. The predicted octanol–water partition coefficient (Wildman–Crippen LogP) is 2.01. The summed E-state index contributed by atoms with van der Waals surface area (Å²) in [4.78, 5) is 24.5. The summed E-state index contributed by atoms with van der Waals surface area (Å²) in [5.74, 6) is -0.339. The highest BCUT2D eigenvalue weighted by atomic mass is 16.5. The van der Waals surface area contributed by atoms with Crippen molar-refractivity contribution in [3.05, 3.63) is 29.8 Å². The third-order valence-electron chi connectivity index (χ3n) is 3.71. The van der Waals surface area contributed by atoms with Gasteiger partial charge in [0.1, 0.15) is 5.75 Å². The van der Waals surface area contributed by atoms with E-state index in [0.717, 1.165) is 12.8 Å². The lowest BCUT2D eigenvalue weighted by atomic mass is 9.90. The van der Waals surface area contributed by atoms with Gasteiger partial charge in [0.15, 0.2) is 5.54 Å². The fourth-order valence-corrected chi connectivity index (χ4v) is 2.33. The van der Waals surface area contributed by atoms with E-state index >= 15 is 0 Å². The fraction of sp³-hybridized carbons (Fsp3) is 0.467. The minimum atomic E-state index is -1.34. The zero-order valence-corrected chi connectivity index (χ0v) is 11.7. The molecule has 1 saturated carbocycles. The lowest BCUT2D eigenvalue weighted by Gasteiger charge is -2.35. The third kappa shape index (κ3) is 2.48. The first-order valence-electron chi connectivity index (χ1n) is 6.74. The SMILES string of the molecule is CCOc1ccc(C(C)(C(=O)O)N(C=O)C2CC2)cc1. The van der Waals surface area contributed by atoms with Crippen LogP contribution in [0.4, 0.5) is 0 Å². The standard InChI is InChI=1S/C15H19NO4/c1-3-20-13-8-4-11(5-9-13)15(2,14(18)19)16(10-17)12-6-7-12/h4-5,8-10,12H,3,6-7H2,1-2H3,(H,18,19). The molecular formula is C15H19NO4. The topological polar surface area (TPSA) is 66.8 Å². The van der Waals surface area contributed by atoms with Gasteiger partial charge in [-0.05, 0) is 44.4 Å². The van der Waals surface area contributed by atoms with Gasteiger partial charge in [-0.25, -0.2) is 4.79 Å². The van der Waals surface area contributed by atoms with Crippen LogP contribution in [0, 0.1) is 0 Å². The van der Waals surface area contributed by atoms with Crippen LogP contribution in [0.15, 0.2) is 24.3 Å². The van der Waals surface area contributed by atoms with E-state index in [0.29, 0.717) is 24.3 Å². The molecule has 0 heterocycles. The maximum atomic E-state index is 11.7. The van der Waals surface area contributed by atoms with Crippen LogP contribution in [0.25, 0.3) is 0 Å². The summed E-state index contributed by atoms with van der Waals surface area (Å²) in [6, 6.07) is 6.90. The molecule has 0 saturated heterocycles. The molecule has 1 aliphatic carbocycles. The summed E-state index contributed by atoms with van der Waals surface area (Å²) >= 11 is 0. The van der Waals surface area contributed by atoms with Crippen molar-refractivity contribution in [2.24, 2.45) is 0 Å². The minimum absolute atomic E-state index is 0.0279. The van der Waals surface area contributed by atoms with Gasteiger partial charge in [-0.1, -0.05) is 12.1 Å². The van der Waals surface area contributed by atoms with E-state index in [1.807, 2.05) is 6.92 Å². The lowest BCUT2D eigenvalue weighted by Crippen LogP contribution is -2.50. The van der Waals surface area contributed by atoms with Gasteiger partial charge in [0.25, 0.3) is 0 Å². The molecule has 0 aliphatic heterocycles. The van der Waals surface area contributed by atoms with E-state index in [2.05, 4.69) is 0 Å². The molecule has 1 amide bonds. The Morgan fingerprint density at radius 2 is 2.05 bits per heavy atom. The summed E-state index contributed by atoms with van der Waals surface area (Å²) in [5, 5.41) is 9.60. The van der Waals surface area contributed by atoms with Gasteiger partial charge in [0.05, 0.1) is 6.61 Å². The third-order valence-corrected chi connectivity index (χ3v) is 3.71. The molecule has 108 valence electrons. The first-order chi connectivity index (χ1) is 9.53. The summed E-state index contributed by atoms with van der Waals surface area (Å²) in [5.41, 5.74) is -0.763. The van der Waals surface area contributed by atoms with Crippen LogP contribution in [0.3, 0.4) is 0 Å². The molecular weight excluding hydrogens is 258 g/mol. The Hall–Kier alpha value is -2.04. The van der Waals surface area contributed by atoms with Crippen molar-refractivity contribution in [3.8, 4) is 5.75 Å². The molecule has 20 heavy (non-hydrogen) atoms. The van der Waals surface area contributed by atoms with Crippen molar-refractivity contribution in [2.75, 3.05) is 6.61 Å². The number of amides is 1. The second kappa shape index (κ2) is 5.53. The second-order valence-electron chi connectivity index (χ2n) is 5.08. The number of rotatable bonds is 7. The number of carboxylic acids is 1. The van der Waals surface area contributed by atoms with Gasteiger partial charge < -0.3 is 14.7 Å². The Morgan fingerprint density at radius 3 is 2.45 bits per heavy atom. The average molecular weight is 277 g/mol. The predicted molar refractivity (Wildman–Crippen MR) is 73.5 cm³/mol. The number of benzene rings is 1. The summed E-state index contributed by atoms with van der Waals surface area (Å²) < 4.78 is 5.35. The number of carbonyl (C=O) groups is 2. The maximum Gasteiger partial charge on any atom is 0.334 e. The largest absolute Gasteiger partial charge is 0.494 e.